The van der Waals surface area contributed by atoms with Gasteiger partial charge in [0.15, 0.2) is 0 Å². The summed E-state index contributed by atoms with van der Waals surface area (Å²) >= 11 is 0. The molecule has 0 spiro atoms. The summed E-state index contributed by atoms with van der Waals surface area (Å²) in [6.45, 7) is 13.3. The molecule has 2 nitrogen and oxygen atoms in total. The Morgan fingerprint density at radius 3 is 0.966 bits per heavy atom. The number of rotatable bonds is 8. The average Bonchev–Trinajstić information content (AvgIpc) is 3.23. The first kappa shape index (κ1) is 36.7. The molecule has 9 aromatic carbocycles. The lowest BCUT2D eigenvalue weighted by Crippen LogP contribution is -2.16. The maximum atomic E-state index is 2.47. The normalized spacial score (nSPS) is 11.3. The van der Waals surface area contributed by atoms with Gasteiger partial charge in [0.05, 0.1) is 11.4 Å². The van der Waals surface area contributed by atoms with Gasteiger partial charge < -0.3 is 9.80 Å². The molecule has 0 heterocycles. The van der Waals surface area contributed by atoms with E-state index in [1.165, 1.54) is 88.6 Å². The maximum absolute atomic E-state index is 2.47. The first-order chi connectivity index (χ1) is 28.3. The van der Waals surface area contributed by atoms with Gasteiger partial charge in [0.2, 0.25) is 0 Å². The fourth-order valence-corrected chi connectivity index (χ4v) is 9.33. The lowest BCUT2D eigenvalue weighted by atomic mass is 9.86. The minimum absolute atomic E-state index is 1.10. The van der Waals surface area contributed by atoms with E-state index in [9.17, 15) is 0 Å². The maximum Gasteiger partial charge on any atom is 0.0520 e. The number of aryl methyl sites for hydroxylation is 6. The number of hydrogen-bond donors (Lipinski definition) is 0. The molecule has 9 aromatic rings. The average molecular weight is 749 g/mol. The summed E-state index contributed by atoms with van der Waals surface area (Å²) < 4.78 is 0. The molecule has 9 rings (SSSR count). The molecule has 0 aromatic heterocycles. The summed E-state index contributed by atoms with van der Waals surface area (Å²) in [5.74, 6) is 0. The van der Waals surface area contributed by atoms with Crippen molar-refractivity contribution < 1.29 is 0 Å². The molecule has 0 bridgehead atoms. The van der Waals surface area contributed by atoms with Crippen LogP contribution in [-0.4, -0.2) is 0 Å². The Morgan fingerprint density at radius 1 is 0.276 bits per heavy atom. The highest BCUT2D eigenvalue weighted by molar-refractivity contribution is 6.21. The summed E-state index contributed by atoms with van der Waals surface area (Å²) in [5, 5.41) is 5.04. The molecule has 0 unspecified atom stereocenters. The SMILES string of the molecule is Cc1cc(C)c(N(c2ccc(N(c3ccccc3)c3ccc(-c4c5ccccc5c(-c5ccccc5)c5ccccc45)cc3)cc2)c2c(C)cc(C)cc2C)c(C)c1. The predicted molar refractivity (Wildman–Crippen MR) is 250 cm³/mol. The number of nitrogens with zero attached hydrogens (tertiary/aromatic N) is 2. The minimum atomic E-state index is 1.10. The summed E-state index contributed by atoms with van der Waals surface area (Å²) in [5.41, 5.74) is 19.5. The van der Waals surface area contributed by atoms with Crippen LogP contribution in [0, 0.1) is 41.5 Å². The van der Waals surface area contributed by atoms with Gasteiger partial charge in [-0.2, -0.15) is 0 Å². The van der Waals surface area contributed by atoms with E-state index < -0.39 is 0 Å². The molecule has 0 N–H and O–H groups in total. The Bertz CT molecular complexity index is 2770. The molecule has 58 heavy (non-hydrogen) atoms. The highest BCUT2D eigenvalue weighted by atomic mass is 15.2. The Kier molecular flexibility index (Phi) is 9.63. The Hall–Kier alpha value is -6.90. The van der Waals surface area contributed by atoms with Crippen LogP contribution in [0.4, 0.5) is 34.1 Å². The van der Waals surface area contributed by atoms with E-state index in [0.717, 1.165) is 22.7 Å². The zero-order valence-corrected chi connectivity index (χ0v) is 34.2. The first-order valence-electron chi connectivity index (χ1n) is 20.3. The molecule has 0 radical (unpaired) electrons. The second kappa shape index (κ2) is 15.2. The highest BCUT2D eigenvalue weighted by Crippen LogP contribution is 2.46. The van der Waals surface area contributed by atoms with E-state index in [1.807, 2.05) is 0 Å². The first-order valence-corrected chi connectivity index (χ1v) is 20.3. The molecular weight excluding hydrogens is 701 g/mol. The standard InChI is InChI=1S/C56H48N2/c1-37-33-39(3)55(40(4)34-37)58(56-41(5)35-38(2)36-42(56)6)48-31-29-47(30-32-48)57(45-19-11-8-12-20-45)46-27-25-44(26-28-46)54-51-23-15-13-21-49(51)53(43-17-9-7-10-18-43)50-22-14-16-24-52(50)54/h7-36H,1-6H3. The van der Waals surface area contributed by atoms with Crippen LogP contribution in [0.3, 0.4) is 0 Å². The second-order valence-electron chi connectivity index (χ2n) is 15.8. The fraction of sp³-hybridized carbons (Fsp3) is 0.107. The van der Waals surface area contributed by atoms with Crippen LogP contribution in [-0.2, 0) is 0 Å². The largest absolute Gasteiger partial charge is 0.311 e. The lowest BCUT2D eigenvalue weighted by molar-refractivity contribution is 1.16. The molecule has 0 aliphatic rings. The molecule has 0 atom stereocenters. The van der Waals surface area contributed by atoms with E-state index in [0.29, 0.717) is 0 Å². The van der Waals surface area contributed by atoms with Crippen molar-refractivity contribution in [2.24, 2.45) is 0 Å². The topological polar surface area (TPSA) is 6.48 Å². The Morgan fingerprint density at radius 2 is 0.569 bits per heavy atom. The number of anilines is 6. The molecule has 0 aliphatic carbocycles. The summed E-state index contributed by atoms with van der Waals surface area (Å²) in [6.07, 6.45) is 0. The minimum Gasteiger partial charge on any atom is -0.311 e. The van der Waals surface area contributed by atoms with Crippen molar-refractivity contribution in [3.8, 4) is 22.3 Å². The third-order valence-corrected chi connectivity index (χ3v) is 11.5. The summed E-state index contributed by atoms with van der Waals surface area (Å²) in [7, 11) is 0. The predicted octanol–water partition coefficient (Wildman–Crippen LogP) is 16.1. The van der Waals surface area contributed by atoms with Crippen molar-refractivity contribution in [1.29, 1.82) is 0 Å². The van der Waals surface area contributed by atoms with Crippen LogP contribution in [0.5, 0.6) is 0 Å². The van der Waals surface area contributed by atoms with Gasteiger partial charge in [-0.3, -0.25) is 0 Å². The van der Waals surface area contributed by atoms with E-state index in [1.54, 1.807) is 0 Å². The van der Waals surface area contributed by atoms with Crippen molar-refractivity contribution in [2.75, 3.05) is 9.80 Å². The zero-order chi connectivity index (χ0) is 39.9. The fourth-order valence-electron chi connectivity index (χ4n) is 9.33. The zero-order valence-electron chi connectivity index (χ0n) is 34.2. The smallest absolute Gasteiger partial charge is 0.0520 e. The van der Waals surface area contributed by atoms with E-state index in [4.69, 9.17) is 0 Å². The Labute approximate surface area is 343 Å². The molecule has 0 saturated heterocycles. The van der Waals surface area contributed by atoms with Gasteiger partial charge in [-0.1, -0.05) is 145 Å². The van der Waals surface area contributed by atoms with E-state index >= 15 is 0 Å². The second-order valence-corrected chi connectivity index (χ2v) is 15.8. The van der Waals surface area contributed by atoms with Crippen LogP contribution >= 0.6 is 0 Å². The summed E-state index contributed by atoms with van der Waals surface area (Å²) in [4.78, 5) is 4.83. The van der Waals surface area contributed by atoms with Gasteiger partial charge in [-0.25, -0.2) is 0 Å². The molecule has 282 valence electrons. The van der Waals surface area contributed by atoms with Gasteiger partial charge in [0.25, 0.3) is 0 Å². The third-order valence-electron chi connectivity index (χ3n) is 11.5. The van der Waals surface area contributed by atoms with Gasteiger partial charge in [-0.15, -0.1) is 0 Å². The van der Waals surface area contributed by atoms with Gasteiger partial charge >= 0.3 is 0 Å². The quantitative estimate of drug-likeness (QED) is 0.143. The lowest BCUT2D eigenvalue weighted by Gasteiger charge is -2.32. The summed E-state index contributed by atoms with van der Waals surface area (Å²) in [6, 6.07) is 66.6. The molecule has 2 heteroatoms. The van der Waals surface area contributed by atoms with Crippen molar-refractivity contribution in [3.05, 3.63) is 215 Å². The van der Waals surface area contributed by atoms with Crippen LogP contribution in [0.25, 0.3) is 43.8 Å². The number of fused-ring (bicyclic) bond motifs is 2. The molecule has 0 amide bonds. The van der Waals surface area contributed by atoms with Crippen LogP contribution in [0.1, 0.15) is 33.4 Å². The van der Waals surface area contributed by atoms with Gasteiger partial charge in [0, 0.05) is 22.7 Å². The molecule has 0 fully saturated rings. The third kappa shape index (κ3) is 6.61. The molecular formula is C56H48N2. The van der Waals surface area contributed by atoms with Crippen molar-refractivity contribution >= 4 is 55.7 Å². The van der Waals surface area contributed by atoms with E-state index in [2.05, 4.69) is 233 Å². The highest BCUT2D eigenvalue weighted by Gasteiger charge is 2.23. The molecule has 0 saturated carbocycles. The van der Waals surface area contributed by atoms with Crippen LogP contribution in [0.2, 0.25) is 0 Å². The van der Waals surface area contributed by atoms with Gasteiger partial charge in [-0.05, 0) is 156 Å². The van der Waals surface area contributed by atoms with E-state index in [-0.39, 0.29) is 0 Å². The van der Waals surface area contributed by atoms with Crippen molar-refractivity contribution in [3.63, 3.8) is 0 Å². The Balaban J connectivity index is 1.16. The number of para-hydroxylation sites is 1. The number of hydrogen-bond acceptors (Lipinski definition) is 2. The van der Waals surface area contributed by atoms with Crippen LogP contribution in [0.15, 0.2) is 182 Å². The van der Waals surface area contributed by atoms with Gasteiger partial charge in [0.1, 0.15) is 0 Å². The monoisotopic (exact) mass is 748 g/mol. The number of benzene rings is 9. The molecule has 0 aliphatic heterocycles. The van der Waals surface area contributed by atoms with Crippen molar-refractivity contribution in [1.82, 2.24) is 0 Å². The van der Waals surface area contributed by atoms with Crippen LogP contribution < -0.4 is 9.80 Å². The van der Waals surface area contributed by atoms with Crippen molar-refractivity contribution in [2.45, 2.75) is 41.5 Å².